The number of para-hydroxylation sites is 1. The Kier molecular flexibility index (Phi) is 5.98. The molecule has 0 saturated carbocycles. The second-order valence-corrected chi connectivity index (χ2v) is 9.95. The first-order valence-corrected chi connectivity index (χ1v) is 12.9. The van der Waals surface area contributed by atoms with E-state index in [9.17, 15) is 14.7 Å². The molecular weight excluding hydrogens is 486 g/mol. The van der Waals surface area contributed by atoms with Crippen LogP contribution in [0.25, 0.3) is 5.76 Å². The average Bonchev–Trinajstić information content (AvgIpc) is 3.66. The number of carbonyl (C=O) groups is 2. The van der Waals surface area contributed by atoms with Crippen LogP contribution >= 0.6 is 11.3 Å². The molecule has 0 bridgehead atoms. The van der Waals surface area contributed by atoms with E-state index >= 15 is 0 Å². The summed E-state index contributed by atoms with van der Waals surface area (Å²) in [6, 6.07) is 25.1. The molecule has 0 aliphatic carbocycles. The topological polar surface area (TPSA) is 76.1 Å². The van der Waals surface area contributed by atoms with Gasteiger partial charge in [-0.3, -0.25) is 9.59 Å². The fourth-order valence-corrected chi connectivity index (χ4v) is 5.52. The third-order valence-corrected chi connectivity index (χ3v) is 7.42. The Labute approximate surface area is 218 Å². The Morgan fingerprint density at radius 1 is 0.973 bits per heavy atom. The maximum Gasteiger partial charge on any atom is 0.295 e. The number of aliphatic hydroxyl groups is 1. The van der Waals surface area contributed by atoms with E-state index in [0.717, 1.165) is 22.6 Å². The number of ketones is 1. The molecule has 3 heterocycles. The normalized spacial score (nSPS) is 18.1. The molecule has 1 saturated heterocycles. The SMILES string of the molecule is O=C1C(=O)N(Cc2cccs2)C(c2cccc(Oc3ccccc3)c2)/C1=C(/O)c1ccc2c(c1)CCO2. The second-order valence-electron chi connectivity index (χ2n) is 8.91. The summed E-state index contributed by atoms with van der Waals surface area (Å²) in [7, 11) is 0. The molecule has 1 fully saturated rings. The van der Waals surface area contributed by atoms with Gasteiger partial charge in [0.1, 0.15) is 23.0 Å². The molecule has 184 valence electrons. The monoisotopic (exact) mass is 509 g/mol. The number of thiophene rings is 1. The predicted molar refractivity (Wildman–Crippen MR) is 141 cm³/mol. The van der Waals surface area contributed by atoms with Gasteiger partial charge in [-0.15, -0.1) is 11.3 Å². The van der Waals surface area contributed by atoms with Crippen LogP contribution < -0.4 is 9.47 Å². The van der Waals surface area contributed by atoms with Gasteiger partial charge in [0.05, 0.1) is 24.8 Å². The third-order valence-electron chi connectivity index (χ3n) is 6.56. The molecule has 1 aromatic heterocycles. The highest BCUT2D eigenvalue weighted by atomic mass is 32.1. The summed E-state index contributed by atoms with van der Waals surface area (Å²) < 4.78 is 11.6. The summed E-state index contributed by atoms with van der Waals surface area (Å²) in [5.74, 6) is 0.481. The molecule has 3 aromatic carbocycles. The molecule has 0 radical (unpaired) electrons. The van der Waals surface area contributed by atoms with E-state index in [1.165, 1.54) is 16.2 Å². The predicted octanol–water partition coefficient (Wildman–Crippen LogP) is 6.10. The number of benzene rings is 3. The fraction of sp³-hybridized carbons (Fsp3) is 0.133. The Bertz CT molecular complexity index is 1510. The maximum absolute atomic E-state index is 13.4. The molecule has 1 N–H and O–H groups in total. The summed E-state index contributed by atoms with van der Waals surface area (Å²) in [5.41, 5.74) is 2.19. The lowest BCUT2D eigenvalue weighted by molar-refractivity contribution is -0.140. The van der Waals surface area contributed by atoms with E-state index in [1.54, 1.807) is 12.1 Å². The summed E-state index contributed by atoms with van der Waals surface area (Å²) in [6.07, 6.45) is 0.728. The van der Waals surface area contributed by atoms with Gasteiger partial charge < -0.3 is 19.5 Å². The quantitative estimate of drug-likeness (QED) is 0.193. The third kappa shape index (κ3) is 4.38. The van der Waals surface area contributed by atoms with Gasteiger partial charge >= 0.3 is 0 Å². The van der Waals surface area contributed by atoms with E-state index in [0.29, 0.717) is 29.2 Å². The first kappa shape index (κ1) is 23.1. The highest BCUT2D eigenvalue weighted by Gasteiger charge is 2.46. The van der Waals surface area contributed by atoms with Gasteiger partial charge in [0.25, 0.3) is 11.7 Å². The van der Waals surface area contributed by atoms with Crippen LogP contribution in [-0.4, -0.2) is 28.3 Å². The molecule has 0 spiro atoms. The van der Waals surface area contributed by atoms with Crippen molar-refractivity contribution in [2.45, 2.75) is 19.0 Å². The lowest BCUT2D eigenvalue weighted by atomic mass is 9.94. The second kappa shape index (κ2) is 9.59. The van der Waals surface area contributed by atoms with Crippen molar-refractivity contribution in [3.8, 4) is 17.2 Å². The number of aliphatic hydroxyl groups excluding tert-OH is 1. The lowest BCUT2D eigenvalue weighted by Crippen LogP contribution is -2.28. The molecule has 37 heavy (non-hydrogen) atoms. The molecule has 2 aliphatic heterocycles. The van der Waals surface area contributed by atoms with Crippen molar-refractivity contribution < 1.29 is 24.2 Å². The molecule has 6 nitrogen and oxygen atoms in total. The summed E-state index contributed by atoms with van der Waals surface area (Å²) >= 11 is 1.51. The molecule has 1 unspecified atom stereocenters. The average molecular weight is 510 g/mol. The Morgan fingerprint density at radius 2 is 1.81 bits per heavy atom. The van der Waals surface area contributed by atoms with Gasteiger partial charge in [-0.1, -0.05) is 36.4 Å². The number of ether oxygens (including phenoxy) is 2. The van der Waals surface area contributed by atoms with Gasteiger partial charge in [-0.2, -0.15) is 0 Å². The number of likely N-dealkylation sites (tertiary alicyclic amines) is 1. The molecule has 4 aromatic rings. The van der Waals surface area contributed by atoms with Gasteiger partial charge in [-0.25, -0.2) is 0 Å². The van der Waals surface area contributed by atoms with Crippen LogP contribution in [0.4, 0.5) is 0 Å². The lowest BCUT2D eigenvalue weighted by Gasteiger charge is -2.25. The Morgan fingerprint density at radius 3 is 2.62 bits per heavy atom. The zero-order chi connectivity index (χ0) is 25.4. The molecule has 2 aliphatic rings. The standard InChI is InChI=1S/C30H23NO5S/c32-28(21-11-12-25-19(16-21)13-14-35-25)26-27(31(30(34)29(26)33)18-24-10-5-15-37-24)20-6-4-9-23(17-20)36-22-7-2-1-3-8-22/h1-12,15-17,27,32H,13-14,18H2/b28-26-. The summed E-state index contributed by atoms with van der Waals surface area (Å²) in [6.45, 7) is 0.838. The van der Waals surface area contributed by atoms with Crippen LogP contribution in [0.3, 0.4) is 0 Å². The number of amides is 1. The van der Waals surface area contributed by atoms with Crippen molar-refractivity contribution in [3.63, 3.8) is 0 Å². The Hall–Kier alpha value is -4.36. The Balaban J connectivity index is 1.45. The molecule has 7 heteroatoms. The van der Waals surface area contributed by atoms with Gasteiger partial charge in [-0.05, 0) is 65.0 Å². The number of Topliss-reactive ketones (excluding diaryl/α,β-unsaturated/α-hetero) is 1. The smallest absolute Gasteiger partial charge is 0.295 e. The van der Waals surface area contributed by atoms with E-state index in [1.807, 2.05) is 78.2 Å². The summed E-state index contributed by atoms with van der Waals surface area (Å²) in [4.78, 5) is 29.2. The van der Waals surface area contributed by atoms with Crippen molar-refractivity contribution in [3.05, 3.63) is 117 Å². The first-order valence-electron chi connectivity index (χ1n) is 12.0. The number of hydrogen-bond acceptors (Lipinski definition) is 6. The van der Waals surface area contributed by atoms with E-state index in [-0.39, 0.29) is 17.9 Å². The van der Waals surface area contributed by atoms with Gasteiger partial charge in [0.15, 0.2) is 0 Å². The van der Waals surface area contributed by atoms with Crippen molar-refractivity contribution in [2.75, 3.05) is 6.61 Å². The molecule has 1 amide bonds. The van der Waals surface area contributed by atoms with Crippen molar-refractivity contribution in [2.24, 2.45) is 0 Å². The minimum atomic E-state index is -0.772. The van der Waals surface area contributed by atoms with Gasteiger partial charge in [0.2, 0.25) is 0 Å². The van der Waals surface area contributed by atoms with E-state index in [2.05, 4.69) is 0 Å². The van der Waals surface area contributed by atoms with Crippen LogP contribution in [0.5, 0.6) is 17.2 Å². The number of nitrogens with zero attached hydrogens (tertiary/aromatic N) is 1. The zero-order valence-corrected chi connectivity index (χ0v) is 20.6. The van der Waals surface area contributed by atoms with E-state index in [4.69, 9.17) is 9.47 Å². The summed E-state index contributed by atoms with van der Waals surface area (Å²) in [5, 5.41) is 13.4. The maximum atomic E-state index is 13.4. The van der Waals surface area contributed by atoms with Crippen LogP contribution in [-0.2, 0) is 22.6 Å². The van der Waals surface area contributed by atoms with E-state index < -0.39 is 17.7 Å². The first-order chi connectivity index (χ1) is 18.1. The molecule has 6 rings (SSSR count). The van der Waals surface area contributed by atoms with Crippen LogP contribution in [0.15, 0.2) is 95.9 Å². The highest BCUT2D eigenvalue weighted by molar-refractivity contribution is 7.09. The number of carbonyl (C=O) groups excluding carboxylic acids is 2. The minimum Gasteiger partial charge on any atom is -0.507 e. The van der Waals surface area contributed by atoms with Crippen molar-refractivity contribution in [1.82, 2.24) is 4.90 Å². The zero-order valence-electron chi connectivity index (χ0n) is 19.8. The highest BCUT2D eigenvalue weighted by Crippen LogP contribution is 2.42. The van der Waals surface area contributed by atoms with Crippen LogP contribution in [0.1, 0.15) is 27.6 Å². The largest absolute Gasteiger partial charge is 0.507 e. The fourth-order valence-electron chi connectivity index (χ4n) is 4.82. The van der Waals surface area contributed by atoms with Crippen molar-refractivity contribution in [1.29, 1.82) is 0 Å². The molecule has 1 atom stereocenters. The number of hydrogen-bond donors (Lipinski definition) is 1. The molecular formula is C30H23NO5S. The van der Waals surface area contributed by atoms with Gasteiger partial charge in [0, 0.05) is 16.9 Å². The van der Waals surface area contributed by atoms with Crippen LogP contribution in [0.2, 0.25) is 0 Å². The number of rotatable bonds is 6. The number of fused-ring (bicyclic) bond motifs is 1. The van der Waals surface area contributed by atoms with Crippen molar-refractivity contribution >= 4 is 28.8 Å². The van der Waals surface area contributed by atoms with Crippen LogP contribution in [0, 0.1) is 0 Å². The minimum absolute atomic E-state index is 0.0669.